The first kappa shape index (κ1) is 26.8. The topological polar surface area (TPSA) is 101 Å². The molecule has 7 nitrogen and oxygen atoms in total. The van der Waals surface area contributed by atoms with Gasteiger partial charge in [0.15, 0.2) is 5.82 Å². The first-order chi connectivity index (χ1) is 17.2. The summed E-state index contributed by atoms with van der Waals surface area (Å²) in [6, 6.07) is 12.8. The first-order valence-electron chi connectivity index (χ1n) is 13.2. The van der Waals surface area contributed by atoms with Crippen LogP contribution in [0.25, 0.3) is 10.8 Å². The van der Waals surface area contributed by atoms with Gasteiger partial charge in [0.2, 0.25) is 0 Å². The molecule has 1 aromatic heterocycles. The number of rotatable bonds is 18. The number of aliphatic carboxylic acids is 1. The fourth-order valence-corrected chi connectivity index (χ4v) is 4.58. The molecule has 0 saturated heterocycles. The molecule has 2 N–H and O–H groups in total. The van der Waals surface area contributed by atoms with E-state index in [-0.39, 0.29) is 19.1 Å². The van der Waals surface area contributed by atoms with Gasteiger partial charge in [-0.1, -0.05) is 106 Å². The van der Waals surface area contributed by atoms with Gasteiger partial charge < -0.3 is 9.84 Å². The van der Waals surface area contributed by atoms with Crippen LogP contribution in [-0.2, 0) is 22.4 Å². The monoisotopic (exact) mass is 480 g/mol. The zero-order valence-corrected chi connectivity index (χ0v) is 21.0. The molecule has 190 valence electrons. The van der Waals surface area contributed by atoms with E-state index in [0.717, 1.165) is 22.8 Å². The Labute approximate surface area is 208 Å². The van der Waals surface area contributed by atoms with Gasteiger partial charge in [0, 0.05) is 6.42 Å². The van der Waals surface area contributed by atoms with Crippen molar-refractivity contribution in [2.75, 3.05) is 6.61 Å². The van der Waals surface area contributed by atoms with E-state index < -0.39 is 5.97 Å². The Kier molecular flexibility index (Phi) is 11.7. The van der Waals surface area contributed by atoms with Crippen molar-refractivity contribution < 1.29 is 14.6 Å². The van der Waals surface area contributed by atoms with Crippen LogP contribution in [0.2, 0.25) is 0 Å². The van der Waals surface area contributed by atoms with Gasteiger partial charge in [-0.25, -0.2) is 0 Å². The summed E-state index contributed by atoms with van der Waals surface area (Å²) in [5.41, 5.74) is 2.36. The molecule has 2 aromatic carbocycles. The Morgan fingerprint density at radius 3 is 2.43 bits per heavy atom. The van der Waals surface area contributed by atoms with Crippen molar-refractivity contribution >= 4 is 16.7 Å². The molecule has 0 bridgehead atoms. The predicted molar refractivity (Wildman–Crippen MR) is 138 cm³/mol. The lowest BCUT2D eigenvalue weighted by Gasteiger charge is -2.19. The van der Waals surface area contributed by atoms with Crippen LogP contribution in [0.15, 0.2) is 36.4 Å². The SMILES string of the molecule is CCCCCCCCCCCCc1ccc2cccc(C(Cc3nn[nH]n3)OCCC(=O)O)c2c1. The molecule has 1 atom stereocenters. The van der Waals surface area contributed by atoms with E-state index in [1.807, 2.05) is 6.07 Å². The van der Waals surface area contributed by atoms with Crippen molar-refractivity contribution in [3.8, 4) is 0 Å². The zero-order chi connectivity index (χ0) is 24.7. The smallest absolute Gasteiger partial charge is 0.305 e. The number of carboxylic acids is 1. The van der Waals surface area contributed by atoms with Gasteiger partial charge >= 0.3 is 5.97 Å². The zero-order valence-electron chi connectivity index (χ0n) is 21.0. The van der Waals surface area contributed by atoms with Crippen LogP contribution in [-0.4, -0.2) is 38.3 Å². The fraction of sp³-hybridized carbons (Fsp3) is 0.571. The summed E-state index contributed by atoms with van der Waals surface area (Å²) < 4.78 is 6.02. The summed E-state index contributed by atoms with van der Waals surface area (Å²) in [7, 11) is 0. The number of aryl methyl sites for hydroxylation is 1. The summed E-state index contributed by atoms with van der Waals surface area (Å²) in [5.74, 6) is -0.330. The average Bonchev–Trinajstić information content (AvgIpc) is 3.37. The van der Waals surface area contributed by atoms with Crippen molar-refractivity contribution in [2.45, 2.75) is 96.5 Å². The van der Waals surface area contributed by atoms with Crippen LogP contribution in [0.3, 0.4) is 0 Å². The molecule has 0 radical (unpaired) electrons. The molecule has 1 heterocycles. The summed E-state index contributed by atoms with van der Waals surface area (Å²) in [5, 5.41) is 25.6. The maximum absolute atomic E-state index is 11.0. The number of unbranched alkanes of at least 4 members (excludes halogenated alkanes) is 9. The van der Waals surface area contributed by atoms with E-state index in [1.54, 1.807) is 0 Å². The van der Waals surface area contributed by atoms with Gasteiger partial charge in [0.05, 0.1) is 19.1 Å². The highest BCUT2D eigenvalue weighted by molar-refractivity contribution is 5.86. The second-order valence-electron chi connectivity index (χ2n) is 9.37. The largest absolute Gasteiger partial charge is 0.481 e. The number of ether oxygens (including phenoxy) is 1. The summed E-state index contributed by atoms with van der Waals surface area (Å²) >= 11 is 0. The van der Waals surface area contributed by atoms with Crippen molar-refractivity contribution in [3.63, 3.8) is 0 Å². The van der Waals surface area contributed by atoms with Crippen molar-refractivity contribution in [2.24, 2.45) is 0 Å². The van der Waals surface area contributed by atoms with Crippen molar-refractivity contribution in [1.82, 2.24) is 20.6 Å². The summed E-state index contributed by atoms with van der Waals surface area (Å²) in [6.07, 6.45) is 14.5. The number of H-pyrrole nitrogens is 1. The molecular weight excluding hydrogens is 440 g/mol. The quantitative estimate of drug-likeness (QED) is 0.199. The molecule has 0 aliphatic heterocycles. The van der Waals surface area contributed by atoms with Crippen LogP contribution in [0.1, 0.15) is 101 Å². The van der Waals surface area contributed by atoms with Gasteiger partial charge in [-0.3, -0.25) is 4.79 Å². The molecule has 7 heteroatoms. The molecule has 0 amide bonds. The standard InChI is InChI=1S/C28H40N4O3/c1-2-3-4-5-6-7-8-9-10-11-13-22-16-17-23-14-12-15-24(25(23)20-22)26(35-19-18-28(33)34)21-27-29-31-32-30-27/h12,14-17,20,26H,2-11,13,18-19,21H2,1H3,(H,33,34)(H,29,30,31,32). The Morgan fingerprint density at radius 2 is 1.74 bits per heavy atom. The van der Waals surface area contributed by atoms with Gasteiger partial charge in [-0.15, -0.1) is 10.2 Å². The Morgan fingerprint density at radius 1 is 1.00 bits per heavy atom. The molecule has 3 aromatic rings. The average molecular weight is 481 g/mol. The lowest BCUT2D eigenvalue weighted by Crippen LogP contribution is -2.12. The van der Waals surface area contributed by atoms with E-state index in [0.29, 0.717) is 12.2 Å². The molecule has 3 rings (SSSR count). The number of fused-ring (bicyclic) bond motifs is 1. The van der Waals surface area contributed by atoms with E-state index in [2.05, 4.69) is 57.9 Å². The third-order valence-electron chi connectivity index (χ3n) is 6.54. The number of tetrazole rings is 1. The minimum atomic E-state index is -0.875. The van der Waals surface area contributed by atoms with Crippen molar-refractivity contribution in [3.05, 3.63) is 53.3 Å². The molecule has 0 spiro atoms. The molecule has 0 aliphatic rings. The molecule has 0 fully saturated rings. The second kappa shape index (κ2) is 15.2. The molecule has 0 aliphatic carbocycles. The normalized spacial score (nSPS) is 12.3. The third kappa shape index (κ3) is 9.40. The van der Waals surface area contributed by atoms with E-state index >= 15 is 0 Å². The molecular formula is C28H40N4O3. The lowest BCUT2D eigenvalue weighted by molar-refractivity contribution is -0.138. The third-order valence-corrected chi connectivity index (χ3v) is 6.54. The van der Waals surface area contributed by atoms with E-state index in [9.17, 15) is 4.79 Å². The summed E-state index contributed by atoms with van der Waals surface area (Å²) in [4.78, 5) is 11.0. The Bertz CT molecular complexity index is 1010. The lowest BCUT2D eigenvalue weighted by atomic mass is 9.95. The van der Waals surface area contributed by atoms with E-state index in [1.165, 1.54) is 69.8 Å². The van der Waals surface area contributed by atoms with Gasteiger partial charge in [-0.2, -0.15) is 5.21 Å². The predicted octanol–water partition coefficient (Wildman–Crippen LogP) is 6.59. The number of hydrogen-bond acceptors (Lipinski definition) is 5. The van der Waals surface area contributed by atoms with Crippen LogP contribution in [0.5, 0.6) is 0 Å². The minimum Gasteiger partial charge on any atom is -0.481 e. The highest BCUT2D eigenvalue weighted by Crippen LogP contribution is 2.30. The van der Waals surface area contributed by atoms with Gasteiger partial charge in [0.1, 0.15) is 0 Å². The fourth-order valence-electron chi connectivity index (χ4n) is 4.58. The number of benzene rings is 2. The Balaban J connectivity index is 1.58. The highest BCUT2D eigenvalue weighted by Gasteiger charge is 2.19. The number of carbonyl (C=O) groups is 1. The second-order valence-corrected chi connectivity index (χ2v) is 9.37. The Hall–Kier alpha value is -2.80. The number of hydrogen-bond donors (Lipinski definition) is 2. The van der Waals surface area contributed by atoms with Crippen LogP contribution in [0.4, 0.5) is 0 Å². The number of nitrogens with one attached hydrogen (secondary N) is 1. The highest BCUT2D eigenvalue weighted by atomic mass is 16.5. The van der Waals surface area contributed by atoms with Gasteiger partial charge in [-0.05, 0) is 34.7 Å². The number of aromatic amines is 1. The number of nitrogens with zero attached hydrogens (tertiary/aromatic N) is 3. The van der Waals surface area contributed by atoms with E-state index in [4.69, 9.17) is 9.84 Å². The number of aromatic nitrogens is 4. The summed E-state index contributed by atoms with van der Waals surface area (Å²) in [6.45, 7) is 2.40. The van der Waals surface area contributed by atoms with Gasteiger partial charge in [0.25, 0.3) is 0 Å². The van der Waals surface area contributed by atoms with Crippen molar-refractivity contribution in [1.29, 1.82) is 0 Å². The molecule has 0 saturated carbocycles. The molecule has 1 unspecified atom stereocenters. The maximum atomic E-state index is 11.0. The van der Waals surface area contributed by atoms with Crippen LogP contribution >= 0.6 is 0 Å². The first-order valence-corrected chi connectivity index (χ1v) is 13.2. The molecule has 35 heavy (non-hydrogen) atoms. The number of carboxylic acid groups (broad SMARTS) is 1. The van der Waals surface area contributed by atoms with Crippen LogP contribution < -0.4 is 0 Å². The van der Waals surface area contributed by atoms with Crippen LogP contribution in [0, 0.1) is 0 Å². The minimum absolute atomic E-state index is 0.0441. The maximum Gasteiger partial charge on any atom is 0.305 e.